The summed E-state index contributed by atoms with van der Waals surface area (Å²) in [4.78, 5) is 13.9. The van der Waals surface area contributed by atoms with E-state index < -0.39 is 10.0 Å². The van der Waals surface area contributed by atoms with Gasteiger partial charge in [-0.2, -0.15) is 0 Å². The third kappa shape index (κ3) is 4.27. The molecule has 1 aliphatic heterocycles. The number of hydrogen-bond acceptors (Lipinski definition) is 3. The highest BCUT2D eigenvalue weighted by atomic mass is 35.5. The van der Waals surface area contributed by atoms with Crippen LogP contribution in [0.25, 0.3) is 0 Å². The summed E-state index contributed by atoms with van der Waals surface area (Å²) in [6.45, 7) is 1.56. The molecule has 1 aromatic rings. The quantitative estimate of drug-likeness (QED) is 0.806. The maximum atomic E-state index is 12.1. The van der Waals surface area contributed by atoms with Crippen LogP contribution < -0.4 is 4.31 Å². The van der Waals surface area contributed by atoms with Gasteiger partial charge >= 0.3 is 0 Å². The number of carbonyl (C=O) groups is 1. The third-order valence-electron chi connectivity index (χ3n) is 3.57. The average Bonchev–Trinajstić information content (AvgIpc) is 2.93. The van der Waals surface area contributed by atoms with E-state index >= 15 is 0 Å². The molecule has 0 spiro atoms. The SMILES string of the molecule is CS(=O)(=O)N(CCC(=O)N1CCCC1)c1ccc(Cl)cc1Cl. The number of anilines is 1. The van der Waals surface area contributed by atoms with Crippen molar-refractivity contribution in [2.24, 2.45) is 0 Å². The Morgan fingerprint density at radius 2 is 1.91 bits per heavy atom. The summed E-state index contributed by atoms with van der Waals surface area (Å²) >= 11 is 11.9. The largest absolute Gasteiger partial charge is 0.343 e. The van der Waals surface area contributed by atoms with Crippen LogP contribution in [0.1, 0.15) is 19.3 Å². The standard InChI is InChI=1S/C14H18Cl2N2O3S/c1-22(20,21)18(13-5-4-11(15)10-12(13)16)9-6-14(19)17-7-2-3-8-17/h4-5,10H,2-3,6-9H2,1H3. The van der Waals surface area contributed by atoms with Gasteiger partial charge in [0.2, 0.25) is 15.9 Å². The van der Waals surface area contributed by atoms with Gasteiger partial charge in [-0.3, -0.25) is 9.10 Å². The first-order valence-corrected chi connectivity index (χ1v) is 9.60. The van der Waals surface area contributed by atoms with Gasteiger partial charge < -0.3 is 4.90 Å². The van der Waals surface area contributed by atoms with E-state index in [0.29, 0.717) is 10.7 Å². The Bertz CT molecular complexity index is 658. The smallest absolute Gasteiger partial charge is 0.232 e. The summed E-state index contributed by atoms with van der Waals surface area (Å²) in [6.07, 6.45) is 3.24. The molecule has 1 amide bonds. The second-order valence-corrected chi connectivity index (χ2v) is 8.02. The Hall–Kier alpha value is -0.980. The fourth-order valence-corrected chi connectivity index (χ4v) is 3.97. The molecule has 1 aliphatic rings. The van der Waals surface area contributed by atoms with Crippen LogP contribution >= 0.6 is 23.2 Å². The van der Waals surface area contributed by atoms with Crippen molar-refractivity contribution in [1.82, 2.24) is 4.90 Å². The topological polar surface area (TPSA) is 57.7 Å². The Balaban J connectivity index is 2.15. The highest BCUT2D eigenvalue weighted by Gasteiger charge is 2.23. The van der Waals surface area contributed by atoms with Crippen LogP contribution in [-0.2, 0) is 14.8 Å². The number of hydrogen-bond donors (Lipinski definition) is 0. The van der Waals surface area contributed by atoms with Gasteiger partial charge in [0, 0.05) is 31.1 Å². The maximum Gasteiger partial charge on any atom is 0.232 e. The van der Waals surface area contributed by atoms with E-state index in [4.69, 9.17) is 23.2 Å². The van der Waals surface area contributed by atoms with Crippen molar-refractivity contribution in [1.29, 1.82) is 0 Å². The van der Waals surface area contributed by atoms with Crippen molar-refractivity contribution in [3.8, 4) is 0 Å². The number of amides is 1. The zero-order valence-electron chi connectivity index (χ0n) is 12.3. The summed E-state index contributed by atoms with van der Waals surface area (Å²) in [7, 11) is -3.54. The van der Waals surface area contributed by atoms with E-state index in [1.54, 1.807) is 17.0 Å². The Morgan fingerprint density at radius 1 is 1.27 bits per heavy atom. The molecule has 0 saturated carbocycles. The van der Waals surface area contributed by atoms with Gasteiger partial charge in [0.15, 0.2) is 0 Å². The minimum absolute atomic E-state index is 0.0313. The van der Waals surface area contributed by atoms with Crippen molar-refractivity contribution >= 4 is 44.8 Å². The highest BCUT2D eigenvalue weighted by molar-refractivity contribution is 7.92. The predicted molar refractivity (Wildman–Crippen MR) is 89.1 cm³/mol. The van der Waals surface area contributed by atoms with E-state index in [1.165, 1.54) is 6.07 Å². The number of halogens is 2. The summed E-state index contributed by atoms with van der Waals surface area (Å²) < 4.78 is 25.2. The molecule has 1 saturated heterocycles. The van der Waals surface area contributed by atoms with Crippen LogP contribution in [0, 0.1) is 0 Å². The van der Waals surface area contributed by atoms with Crippen molar-refractivity contribution in [3.05, 3.63) is 28.2 Å². The lowest BCUT2D eigenvalue weighted by atomic mass is 10.3. The van der Waals surface area contributed by atoms with Crippen LogP contribution in [0.2, 0.25) is 10.0 Å². The zero-order chi connectivity index (χ0) is 16.3. The van der Waals surface area contributed by atoms with Crippen LogP contribution in [0.15, 0.2) is 18.2 Å². The number of sulfonamides is 1. The normalized spacial score (nSPS) is 15.1. The first-order chi connectivity index (χ1) is 10.3. The number of likely N-dealkylation sites (tertiary alicyclic amines) is 1. The molecule has 0 bridgehead atoms. The fraction of sp³-hybridized carbons (Fsp3) is 0.500. The predicted octanol–water partition coefficient (Wildman–Crippen LogP) is 2.77. The third-order valence-corrected chi connectivity index (χ3v) is 5.28. The molecule has 122 valence electrons. The van der Waals surface area contributed by atoms with Gasteiger partial charge in [-0.25, -0.2) is 8.42 Å². The van der Waals surface area contributed by atoms with E-state index in [9.17, 15) is 13.2 Å². The molecule has 2 rings (SSSR count). The minimum Gasteiger partial charge on any atom is -0.343 e. The number of nitrogens with zero attached hydrogens (tertiary/aromatic N) is 2. The number of benzene rings is 1. The molecule has 8 heteroatoms. The molecule has 0 atom stereocenters. The number of carbonyl (C=O) groups excluding carboxylic acids is 1. The molecular formula is C14H18Cl2N2O3S. The van der Waals surface area contributed by atoms with Crippen LogP contribution in [0.3, 0.4) is 0 Å². The molecular weight excluding hydrogens is 347 g/mol. The van der Waals surface area contributed by atoms with E-state index in [1.807, 2.05) is 0 Å². The summed E-state index contributed by atoms with van der Waals surface area (Å²) in [5.41, 5.74) is 0.336. The Kier molecular flexibility index (Phi) is 5.58. The van der Waals surface area contributed by atoms with Crippen molar-refractivity contribution in [3.63, 3.8) is 0 Å². The fourth-order valence-electron chi connectivity index (χ4n) is 2.47. The second kappa shape index (κ2) is 7.06. The molecule has 22 heavy (non-hydrogen) atoms. The van der Waals surface area contributed by atoms with Crippen molar-refractivity contribution in [2.45, 2.75) is 19.3 Å². The molecule has 0 unspecified atom stereocenters. The van der Waals surface area contributed by atoms with Gasteiger partial charge in [0.05, 0.1) is 17.0 Å². The maximum absolute atomic E-state index is 12.1. The Morgan fingerprint density at radius 3 is 2.45 bits per heavy atom. The van der Waals surface area contributed by atoms with Gasteiger partial charge in [-0.1, -0.05) is 23.2 Å². The lowest BCUT2D eigenvalue weighted by Gasteiger charge is -2.24. The molecule has 5 nitrogen and oxygen atoms in total. The van der Waals surface area contributed by atoms with E-state index in [2.05, 4.69) is 0 Å². The first kappa shape index (κ1) is 17.4. The summed E-state index contributed by atoms with van der Waals surface area (Å²) in [5, 5.41) is 0.668. The first-order valence-electron chi connectivity index (χ1n) is 6.99. The Labute approximate surface area is 140 Å². The van der Waals surface area contributed by atoms with Crippen molar-refractivity contribution in [2.75, 3.05) is 30.2 Å². The molecule has 1 heterocycles. The number of rotatable bonds is 5. The van der Waals surface area contributed by atoms with E-state index in [-0.39, 0.29) is 23.9 Å². The molecule has 1 aromatic carbocycles. The van der Waals surface area contributed by atoms with Gasteiger partial charge in [-0.15, -0.1) is 0 Å². The van der Waals surface area contributed by atoms with Crippen LogP contribution in [0.4, 0.5) is 5.69 Å². The average molecular weight is 365 g/mol. The monoisotopic (exact) mass is 364 g/mol. The molecule has 0 N–H and O–H groups in total. The van der Waals surface area contributed by atoms with Crippen molar-refractivity contribution < 1.29 is 13.2 Å². The van der Waals surface area contributed by atoms with Gasteiger partial charge in [-0.05, 0) is 31.0 Å². The lowest BCUT2D eigenvalue weighted by molar-refractivity contribution is -0.129. The van der Waals surface area contributed by atoms with E-state index in [0.717, 1.165) is 36.5 Å². The highest BCUT2D eigenvalue weighted by Crippen LogP contribution is 2.30. The van der Waals surface area contributed by atoms with Crippen LogP contribution in [0.5, 0.6) is 0 Å². The summed E-state index contributed by atoms with van der Waals surface area (Å²) in [5.74, 6) is -0.0313. The molecule has 0 aromatic heterocycles. The molecule has 1 fully saturated rings. The minimum atomic E-state index is -3.54. The molecule has 0 radical (unpaired) electrons. The van der Waals surface area contributed by atoms with Crippen LogP contribution in [-0.4, -0.2) is 45.1 Å². The van der Waals surface area contributed by atoms with Gasteiger partial charge in [0.25, 0.3) is 0 Å². The lowest BCUT2D eigenvalue weighted by Crippen LogP contribution is -2.35. The van der Waals surface area contributed by atoms with Gasteiger partial charge in [0.1, 0.15) is 0 Å². The second-order valence-electron chi connectivity index (χ2n) is 5.27. The molecule has 0 aliphatic carbocycles. The zero-order valence-corrected chi connectivity index (χ0v) is 14.6. The summed E-state index contributed by atoms with van der Waals surface area (Å²) in [6, 6.07) is 4.61.